The SMILES string of the molecule is COc1ccc2nc(N)n(C(C)c3ccc(C)cc3)c2c1. The number of rotatable bonds is 3. The van der Waals surface area contributed by atoms with Gasteiger partial charge in [-0.2, -0.15) is 0 Å². The number of nitrogens with zero attached hydrogens (tertiary/aromatic N) is 2. The maximum atomic E-state index is 6.12. The first kappa shape index (κ1) is 13.5. The van der Waals surface area contributed by atoms with Crippen molar-refractivity contribution in [2.75, 3.05) is 12.8 Å². The highest BCUT2D eigenvalue weighted by atomic mass is 16.5. The molecule has 3 aromatic rings. The maximum absolute atomic E-state index is 6.12. The molecule has 1 aromatic heterocycles. The molecule has 1 atom stereocenters. The number of aromatic nitrogens is 2. The van der Waals surface area contributed by atoms with Crippen LogP contribution >= 0.6 is 0 Å². The first-order valence-electron chi connectivity index (χ1n) is 6.98. The second-order valence-corrected chi connectivity index (χ2v) is 5.28. The molecule has 2 aromatic carbocycles. The number of methoxy groups -OCH3 is 1. The van der Waals surface area contributed by atoms with Crippen molar-refractivity contribution in [3.05, 3.63) is 53.6 Å². The minimum Gasteiger partial charge on any atom is -0.497 e. The Hall–Kier alpha value is -2.49. The highest BCUT2D eigenvalue weighted by Crippen LogP contribution is 2.29. The number of nitrogens with two attached hydrogens (primary N) is 1. The Morgan fingerprint density at radius 2 is 1.86 bits per heavy atom. The minimum absolute atomic E-state index is 0.114. The van der Waals surface area contributed by atoms with Crippen molar-refractivity contribution >= 4 is 17.0 Å². The molecule has 0 saturated carbocycles. The minimum atomic E-state index is 0.114. The van der Waals surface area contributed by atoms with Gasteiger partial charge >= 0.3 is 0 Å². The van der Waals surface area contributed by atoms with E-state index < -0.39 is 0 Å². The van der Waals surface area contributed by atoms with Crippen molar-refractivity contribution in [2.45, 2.75) is 19.9 Å². The molecule has 21 heavy (non-hydrogen) atoms. The Bertz CT molecular complexity index is 775. The summed E-state index contributed by atoms with van der Waals surface area (Å²) >= 11 is 0. The molecule has 3 rings (SSSR count). The third-order valence-corrected chi connectivity index (χ3v) is 3.87. The summed E-state index contributed by atoms with van der Waals surface area (Å²) in [6, 6.07) is 14.4. The fourth-order valence-corrected chi connectivity index (χ4v) is 2.62. The zero-order valence-corrected chi connectivity index (χ0v) is 12.5. The van der Waals surface area contributed by atoms with Gasteiger partial charge in [-0.15, -0.1) is 0 Å². The van der Waals surface area contributed by atoms with Gasteiger partial charge in [-0.05, 0) is 31.5 Å². The number of ether oxygens (including phenoxy) is 1. The number of benzene rings is 2. The van der Waals surface area contributed by atoms with Gasteiger partial charge < -0.3 is 15.0 Å². The number of imidazole rings is 1. The molecule has 2 N–H and O–H groups in total. The third kappa shape index (κ3) is 2.33. The third-order valence-electron chi connectivity index (χ3n) is 3.87. The Labute approximate surface area is 124 Å². The molecule has 0 saturated heterocycles. The fourth-order valence-electron chi connectivity index (χ4n) is 2.62. The predicted octanol–water partition coefficient (Wildman–Crippen LogP) is 3.54. The lowest BCUT2D eigenvalue weighted by Crippen LogP contribution is -2.10. The molecule has 0 bridgehead atoms. The molecule has 108 valence electrons. The molecule has 0 aliphatic carbocycles. The van der Waals surface area contributed by atoms with Crippen LogP contribution in [0.5, 0.6) is 5.75 Å². The summed E-state index contributed by atoms with van der Waals surface area (Å²) in [6.07, 6.45) is 0. The van der Waals surface area contributed by atoms with E-state index >= 15 is 0 Å². The Morgan fingerprint density at radius 1 is 1.14 bits per heavy atom. The molecule has 0 aliphatic rings. The topological polar surface area (TPSA) is 53.1 Å². The first-order valence-corrected chi connectivity index (χ1v) is 6.98. The summed E-state index contributed by atoms with van der Waals surface area (Å²) in [5, 5.41) is 0. The molecule has 0 aliphatic heterocycles. The fraction of sp³-hybridized carbons (Fsp3) is 0.235. The molecular weight excluding hydrogens is 262 g/mol. The summed E-state index contributed by atoms with van der Waals surface area (Å²) in [5.41, 5.74) is 10.4. The lowest BCUT2D eigenvalue weighted by atomic mass is 10.1. The Kier molecular flexibility index (Phi) is 3.29. The van der Waals surface area contributed by atoms with Gasteiger partial charge in [0.15, 0.2) is 0 Å². The smallest absolute Gasteiger partial charge is 0.201 e. The number of anilines is 1. The van der Waals surface area contributed by atoms with Crippen LogP contribution in [0.15, 0.2) is 42.5 Å². The maximum Gasteiger partial charge on any atom is 0.201 e. The number of aryl methyl sites for hydroxylation is 1. The summed E-state index contributed by atoms with van der Waals surface area (Å²) < 4.78 is 7.35. The van der Waals surface area contributed by atoms with Gasteiger partial charge in [0.1, 0.15) is 5.75 Å². The van der Waals surface area contributed by atoms with Crippen LogP contribution in [-0.2, 0) is 0 Å². The van der Waals surface area contributed by atoms with Crippen molar-refractivity contribution < 1.29 is 4.74 Å². The second-order valence-electron chi connectivity index (χ2n) is 5.28. The zero-order chi connectivity index (χ0) is 15.0. The average Bonchev–Trinajstić information content (AvgIpc) is 2.82. The molecule has 0 fully saturated rings. The van der Waals surface area contributed by atoms with Gasteiger partial charge in [-0.1, -0.05) is 29.8 Å². The lowest BCUT2D eigenvalue weighted by Gasteiger charge is -2.17. The lowest BCUT2D eigenvalue weighted by molar-refractivity contribution is 0.415. The quantitative estimate of drug-likeness (QED) is 0.798. The van der Waals surface area contributed by atoms with E-state index in [1.165, 1.54) is 11.1 Å². The summed E-state index contributed by atoms with van der Waals surface area (Å²) in [5.74, 6) is 1.33. The van der Waals surface area contributed by atoms with Gasteiger partial charge in [0.2, 0.25) is 5.95 Å². The van der Waals surface area contributed by atoms with Crippen LogP contribution in [-0.4, -0.2) is 16.7 Å². The normalized spacial score (nSPS) is 12.5. The Morgan fingerprint density at radius 3 is 2.52 bits per heavy atom. The van der Waals surface area contributed by atoms with E-state index in [-0.39, 0.29) is 6.04 Å². The van der Waals surface area contributed by atoms with Gasteiger partial charge in [0.05, 0.1) is 24.2 Å². The van der Waals surface area contributed by atoms with Crippen LogP contribution in [0.25, 0.3) is 11.0 Å². The van der Waals surface area contributed by atoms with Crippen molar-refractivity contribution in [1.29, 1.82) is 0 Å². The van der Waals surface area contributed by atoms with Crippen molar-refractivity contribution in [1.82, 2.24) is 9.55 Å². The van der Waals surface area contributed by atoms with Gasteiger partial charge in [-0.25, -0.2) is 4.98 Å². The van der Waals surface area contributed by atoms with E-state index in [2.05, 4.69) is 43.1 Å². The monoisotopic (exact) mass is 281 g/mol. The second kappa shape index (κ2) is 5.13. The van der Waals surface area contributed by atoms with E-state index in [1.54, 1.807) is 7.11 Å². The number of hydrogen-bond donors (Lipinski definition) is 1. The van der Waals surface area contributed by atoms with Gasteiger partial charge in [-0.3, -0.25) is 0 Å². The standard InChI is InChI=1S/C17H19N3O/c1-11-4-6-13(7-5-11)12(2)20-16-10-14(21-3)8-9-15(16)19-17(20)18/h4-10,12H,1-3H3,(H2,18,19). The highest BCUT2D eigenvalue weighted by Gasteiger charge is 2.16. The largest absolute Gasteiger partial charge is 0.497 e. The molecule has 0 radical (unpaired) electrons. The Balaban J connectivity index is 2.14. The van der Waals surface area contributed by atoms with Crippen molar-refractivity contribution in [3.63, 3.8) is 0 Å². The van der Waals surface area contributed by atoms with E-state index in [0.717, 1.165) is 16.8 Å². The molecule has 0 spiro atoms. The molecular formula is C17H19N3O. The average molecular weight is 281 g/mol. The van der Waals surface area contributed by atoms with Crippen LogP contribution in [0.4, 0.5) is 5.95 Å². The number of nitrogen functional groups attached to an aromatic ring is 1. The summed E-state index contributed by atoms with van der Waals surface area (Å²) in [6.45, 7) is 4.21. The molecule has 4 nitrogen and oxygen atoms in total. The van der Waals surface area contributed by atoms with E-state index in [0.29, 0.717) is 5.95 Å². The summed E-state index contributed by atoms with van der Waals surface area (Å²) in [4.78, 5) is 4.44. The highest BCUT2D eigenvalue weighted by molar-refractivity contribution is 5.80. The van der Waals surface area contributed by atoms with Crippen molar-refractivity contribution in [3.8, 4) is 5.75 Å². The van der Waals surface area contributed by atoms with Gasteiger partial charge in [0, 0.05) is 6.07 Å². The van der Waals surface area contributed by atoms with E-state index in [1.807, 2.05) is 22.8 Å². The summed E-state index contributed by atoms with van der Waals surface area (Å²) in [7, 11) is 1.66. The van der Waals surface area contributed by atoms with Crippen molar-refractivity contribution in [2.24, 2.45) is 0 Å². The molecule has 4 heteroatoms. The van der Waals surface area contributed by atoms with E-state index in [4.69, 9.17) is 10.5 Å². The van der Waals surface area contributed by atoms with Crippen LogP contribution < -0.4 is 10.5 Å². The number of hydrogen-bond acceptors (Lipinski definition) is 3. The zero-order valence-electron chi connectivity index (χ0n) is 12.5. The predicted molar refractivity (Wildman–Crippen MR) is 85.7 cm³/mol. The first-order chi connectivity index (χ1) is 10.1. The van der Waals surface area contributed by atoms with E-state index in [9.17, 15) is 0 Å². The van der Waals surface area contributed by atoms with Crippen LogP contribution in [0.2, 0.25) is 0 Å². The van der Waals surface area contributed by atoms with Crippen LogP contribution in [0.3, 0.4) is 0 Å². The molecule has 1 heterocycles. The molecule has 0 amide bonds. The number of fused-ring (bicyclic) bond motifs is 1. The van der Waals surface area contributed by atoms with Gasteiger partial charge in [0.25, 0.3) is 0 Å². The molecule has 1 unspecified atom stereocenters. The van der Waals surface area contributed by atoms with Crippen LogP contribution in [0, 0.1) is 6.92 Å². The van der Waals surface area contributed by atoms with Crippen LogP contribution in [0.1, 0.15) is 24.1 Å².